The van der Waals surface area contributed by atoms with Gasteiger partial charge in [0.25, 0.3) is 0 Å². The second kappa shape index (κ2) is 7.66. The van der Waals surface area contributed by atoms with Crippen LogP contribution in [0.4, 0.5) is 0 Å². The van der Waals surface area contributed by atoms with Crippen LogP contribution < -0.4 is 5.32 Å². The number of halogens is 1. The van der Waals surface area contributed by atoms with E-state index in [0.717, 1.165) is 56.1 Å². The van der Waals surface area contributed by atoms with Crippen molar-refractivity contribution in [1.82, 2.24) is 14.2 Å². The average molecular weight is 384 g/mol. The molecule has 0 radical (unpaired) electrons. The molecule has 7 heteroatoms. The van der Waals surface area contributed by atoms with E-state index in [4.69, 9.17) is 0 Å². The van der Waals surface area contributed by atoms with Crippen molar-refractivity contribution in [3.8, 4) is 0 Å². The molecule has 0 aliphatic carbocycles. The van der Waals surface area contributed by atoms with Crippen molar-refractivity contribution in [2.24, 2.45) is 0 Å². The van der Waals surface area contributed by atoms with E-state index in [1.165, 1.54) is 0 Å². The number of aromatic nitrogens is 1. The highest BCUT2D eigenvalue weighted by atomic mass is 35.5. The molecule has 0 amide bonds. The van der Waals surface area contributed by atoms with Gasteiger partial charge in [-0.15, -0.1) is 12.4 Å². The molecule has 2 fully saturated rings. The Morgan fingerprint density at radius 1 is 1.00 bits per heavy atom. The van der Waals surface area contributed by atoms with Gasteiger partial charge >= 0.3 is 0 Å². The first-order valence-electron chi connectivity index (χ1n) is 8.98. The predicted octanol–water partition coefficient (Wildman–Crippen LogP) is 3.16. The second-order valence-corrected chi connectivity index (χ2v) is 8.83. The zero-order chi connectivity index (χ0) is 16.6. The monoisotopic (exact) mass is 383 g/mol. The molecule has 0 bridgehead atoms. The quantitative estimate of drug-likeness (QED) is 0.885. The highest BCUT2D eigenvalue weighted by Gasteiger charge is 2.26. The summed E-state index contributed by atoms with van der Waals surface area (Å²) >= 11 is 0. The van der Waals surface area contributed by atoms with Gasteiger partial charge in [-0.1, -0.05) is 12.5 Å². The Morgan fingerprint density at radius 3 is 2.44 bits per heavy atom. The number of piperidine rings is 2. The van der Waals surface area contributed by atoms with Crippen LogP contribution in [0.1, 0.15) is 38.1 Å². The second-order valence-electron chi connectivity index (χ2n) is 6.89. The Hall–Kier alpha value is -1.08. The molecule has 0 spiro atoms. The Bertz CT molecular complexity index is 822. The number of rotatable bonds is 3. The summed E-state index contributed by atoms with van der Waals surface area (Å²) in [6, 6.07) is 8.13. The lowest BCUT2D eigenvalue weighted by Gasteiger charge is -2.27. The molecule has 1 aromatic carbocycles. The highest BCUT2D eigenvalue weighted by Crippen LogP contribution is 2.29. The summed E-state index contributed by atoms with van der Waals surface area (Å²) in [5.74, 6) is 0. The zero-order valence-electron chi connectivity index (χ0n) is 14.4. The van der Waals surface area contributed by atoms with Gasteiger partial charge in [-0.3, -0.25) is 0 Å². The number of nitrogens with one attached hydrogen (secondary N) is 1. The van der Waals surface area contributed by atoms with Crippen molar-refractivity contribution in [1.29, 1.82) is 0 Å². The fourth-order valence-corrected chi connectivity index (χ4v) is 5.48. The van der Waals surface area contributed by atoms with Gasteiger partial charge < -0.3 is 9.88 Å². The van der Waals surface area contributed by atoms with Crippen LogP contribution in [-0.2, 0) is 10.0 Å². The molecular weight excluding hydrogens is 358 g/mol. The predicted molar refractivity (Wildman–Crippen MR) is 103 cm³/mol. The van der Waals surface area contributed by atoms with Crippen molar-refractivity contribution in [2.45, 2.75) is 43.0 Å². The van der Waals surface area contributed by atoms with Crippen LogP contribution in [0.25, 0.3) is 10.9 Å². The smallest absolute Gasteiger partial charge is 0.243 e. The topological polar surface area (TPSA) is 54.3 Å². The van der Waals surface area contributed by atoms with Crippen LogP contribution in [0.15, 0.2) is 35.4 Å². The number of benzene rings is 1. The van der Waals surface area contributed by atoms with Crippen molar-refractivity contribution >= 4 is 33.3 Å². The maximum atomic E-state index is 12.9. The molecule has 138 valence electrons. The van der Waals surface area contributed by atoms with Gasteiger partial charge in [0.2, 0.25) is 10.0 Å². The van der Waals surface area contributed by atoms with Gasteiger partial charge in [-0.05, 0) is 62.4 Å². The molecule has 0 saturated carbocycles. The number of sulfonamides is 1. The average Bonchev–Trinajstić information content (AvgIpc) is 3.06. The largest absolute Gasteiger partial charge is 0.344 e. The van der Waals surface area contributed by atoms with Crippen LogP contribution in [0.2, 0.25) is 0 Å². The highest BCUT2D eigenvalue weighted by molar-refractivity contribution is 7.89. The molecule has 25 heavy (non-hydrogen) atoms. The molecule has 3 heterocycles. The summed E-state index contributed by atoms with van der Waals surface area (Å²) in [5, 5.41) is 4.50. The lowest BCUT2D eigenvalue weighted by Crippen LogP contribution is -2.35. The van der Waals surface area contributed by atoms with Gasteiger partial charge in [0, 0.05) is 30.8 Å². The molecule has 2 aliphatic rings. The number of hydrogen-bond donors (Lipinski definition) is 1. The Labute approximate surface area is 155 Å². The zero-order valence-corrected chi connectivity index (χ0v) is 16.0. The van der Waals surface area contributed by atoms with E-state index < -0.39 is 10.0 Å². The van der Waals surface area contributed by atoms with Crippen molar-refractivity contribution in [3.63, 3.8) is 0 Å². The van der Waals surface area contributed by atoms with E-state index in [9.17, 15) is 8.42 Å². The van der Waals surface area contributed by atoms with Gasteiger partial charge in [0.05, 0.1) is 4.90 Å². The van der Waals surface area contributed by atoms with Crippen LogP contribution in [0.5, 0.6) is 0 Å². The first-order valence-corrected chi connectivity index (χ1v) is 10.4. The summed E-state index contributed by atoms with van der Waals surface area (Å²) in [5.41, 5.74) is 1.04. The third-order valence-electron chi connectivity index (χ3n) is 5.35. The van der Waals surface area contributed by atoms with Crippen LogP contribution in [-0.4, -0.2) is 43.5 Å². The van der Waals surface area contributed by atoms with E-state index in [1.54, 1.807) is 10.4 Å². The Balaban J connectivity index is 0.00000182. The minimum Gasteiger partial charge on any atom is -0.344 e. The number of nitrogens with zero attached hydrogens (tertiary/aromatic N) is 2. The third-order valence-corrected chi connectivity index (χ3v) is 7.24. The molecule has 2 aliphatic heterocycles. The molecule has 2 saturated heterocycles. The minimum atomic E-state index is -3.37. The van der Waals surface area contributed by atoms with Gasteiger partial charge in [-0.25, -0.2) is 8.42 Å². The first kappa shape index (κ1) is 18.7. The van der Waals surface area contributed by atoms with Crippen molar-refractivity contribution in [3.05, 3.63) is 30.5 Å². The maximum Gasteiger partial charge on any atom is 0.243 e. The molecule has 1 aromatic heterocycles. The van der Waals surface area contributed by atoms with E-state index in [-0.39, 0.29) is 12.4 Å². The molecule has 1 N–H and O–H groups in total. The van der Waals surface area contributed by atoms with Crippen LogP contribution in [0.3, 0.4) is 0 Å². The summed E-state index contributed by atoms with van der Waals surface area (Å²) in [6.07, 6.45) is 7.35. The molecule has 2 aromatic rings. The van der Waals surface area contributed by atoms with E-state index in [0.29, 0.717) is 24.0 Å². The summed E-state index contributed by atoms with van der Waals surface area (Å²) < 4.78 is 29.8. The standard InChI is InChI=1S/C18H25N3O2S.ClH/c22-24(23,20-11-2-1-3-12-20)17-5-4-15-8-13-21(18(15)14-17)16-6-9-19-10-7-16;/h4-5,8,13-14,16,19H,1-3,6-7,9-12H2;1H. The van der Waals surface area contributed by atoms with Gasteiger partial charge in [-0.2, -0.15) is 4.31 Å². The molecule has 0 unspecified atom stereocenters. The summed E-state index contributed by atoms with van der Waals surface area (Å²) in [6.45, 7) is 3.34. The SMILES string of the molecule is Cl.O=S(=O)(c1ccc2ccn(C3CCNCC3)c2c1)N1CCCCC1. The molecule has 4 rings (SSSR count). The lowest BCUT2D eigenvalue weighted by atomic mass is 10.1. The van der Waals surface area contributed by atoms with Crippen molar-refractivity contribution in [2.75, 3.05) is 26.2 Å². The fourth-order valence-electron chi connectivity index (χ4n) is 3.95. The Kier molecular flexibility index (Phi) is 5.73. The number of fused-ring (bicyclic) bond motifs is 1. The normalized spacial score (nSPS) is 20.5. The number of hydrogen-bond acceptors (Lipinski definition) is 3. The summed E-state index contributed by atoms with van der Waals surface area (Å²) in [7, 11) is -3.37. The van der Waals surface area contributed by atoms with Gasteiger partial charge in [0.1, 0.15) is 0 Å². The van der Waals surface area contributed by atoms with Crippen LogP contribution in [0, 0.1) is 0 Å². The minimum absolute atomic E-state index is 0. The van der Waals surface area contributed by atoms with Gasteiger partial charge in [0.15, 0.2) is 0 Å². The molecule has 0 atom stereocenters. The molecular formula is C18H26ClN3O2S. The van der Waals surface area contributed by atoms with E-state index >= 15 is 0 Å². The lowest BCUT2D eigenvalue weighted by molar-refractivity contribution is 0.346. The first-order chi connectivity index (χ1) is 11.7. The van der Waals surface area contributed by atoms with E-state index in [2.05, 4.69) is 22.1 Å². The van der Waals surface area contributed by atoms with Crippen LogP contribution >= 0.6 is 12.4 Å². The maximum absolute atomic E-state index is 12.9. The van der Waals surface area contributed by atoms with Crippen molar-refractivity contribution < 1.29 is 8.42 Å². The Morgan fingerprint density at radius 2 is 1.72 bits per heavy atom. The van der Waals surface area contributed by atoms with E-state index in [1.807, 2.05) is 12.1 Å². The summed E-state index contributed by atoms with van der Waals surface area (Å²) in [4.78, 5) is 0.436. The third kappa shape index (κ3) is 3.58. The molecule has 5 nitrogen and oxygen atoms in total. The fraction of sp³-hybridized carbons (Fsp3) is 0.556.